The highest BCUT2D eigenvalue weighted by atomic mass is 35.5. The van der Waals surface area contributed by atoms with Crippen molar-refractivity contribution in [3.8, 4) is 22.4 Å². The summed E-state index contributed by atoms with van der Waals surface area (Å²) in [5.41, 5.74) is 4.51. The minimum atomic E-state index is -0.0875. The van der Waals surface area contributed by atoms with E-state index in [4.69, 9.17) is 11.6 Å². The van der Waals surface area contributed by atoms with Crippen molar-refractivity contribution in [1.82, 2.24) is 24.8 Å². The SMILES string of the molecule is CNc1ncc2cc(-c3ccc(-c4cccc(C)n4)cc3Cl)c(=O)n(CCC3CCNCC3)c2n1. The minimum Gasteiger partial charge on any atom is -0.357 e. The number of piperidine rings is 1. The van der Waals surface area contributed by atoms with Gasteiger partial charge in [0.1, 0.15) is 5.65 Å². The van der Waals surface area contributed by atoms with Crippen LogP contribution in [0.4, 0.5) is 5.95 Å². The van der Waals surface area contributed by atoms with E-state index in [0.29, 0.717) is 40.2 Å². The Morgan fingerprint density at radius 2 is 1.94 bits per heavy atom. The van der Waals surface area contributed by atoms with Gasteiger partial charge in [-0.15, -0.1) is 0 Å². The maximum Gasteiger partial charge on any atom is 0.260 e. The third kappa shape index (κ3) is 4.92. The summed E-state index contributed by atoms with van der Waals surface area (Å²) in [4.78, 5) is 27.4. The molecule has 0 aliphatic carbocycles. The fourth-order valence-corrected chi connectivity index (χ4v) is 5.04. The van der Waals surface area contributed by atoms with Crippen LogP contribution in [0, 0.1) is 12.8 Å². The first-order valence-corrected chi connectivity index (χ1v) is 12.4. The van der Waals surface area contributed by atoms with Crippen LogP contribution < -0.4 is 16.2 Å². The topological polar surface area (TPSA) is 84.7 Å². The van der Waals surface area contributed by atoms with Crippen molar-refractivity contribution >= 4 is 28.6 Å². The van der Waals surface area contributed by atoms with Crippen molar-refractivity contribution in [2.24, 2.45) is 5.92 Å². The fraction of sp³-hybridized carbons (Fsp3) is 0.333. The zero-order valence-corrected chi connectivity index (χ0v) is 20.8. The molecule has 35 heavy (non-hydrogen) atoms. The van der Waals surface area contributed by atoms with Gasteiger partial charge in [-0.05, 0) is 69.5 Å². The molecule has 1 fully saturated rings. The van der Waals surface area contributed by atoms with Gasteiger partial charge >= 0.3 is 0 Å². The Morgan fingerprint density at radius 3 is 2.69 bits per heavy atom. The van der Waals surface area contributed by atoms with E-state index in [1.54, 1.807) is 17.8 Å². The number of aromatic nitrogens is 4. The molecule has 0 amide bonds. The maximum atomic E-state index is 13.8. The third-order valence-electron chi connectivity index (χ3n) is 6.71. The van der Waals surface area contributed by atoms with Gasteiger partial charge < -0.3 is 10.6 Å². The van der Waals surface area contributed by atoms with Crippen LogP contribution in [0.3, 0.4) is 0 Å². The number of nitrogens with one attached hydrogen (secondary N) is 2. The van der Waals surface area contributed by atoms with Crippen molar-refractivity contribution < 1.29 is 0 Å². The molecule has 0 atom stereocenters. The predicted octanol–water partition coefficient (Wildman–Crippen LogP) is 4.91. The summed E-state index contributed by atoms with van der Waals surface area (Å²) in [5.74, 6) is 1.09. The van der Waals surface area contributed by atoms with Crippen LogP contribution in [0.2, 0.25) is 5.02 Å². The second-order valence-electron chi connectivity index (χ2n) is 9.08. The van der Waals surface area contributed by atoms with Gasteiger partial charge in [-0.1, -0.05) is 29.8 Å². The molecule has 0 spiro atoms. The Hall–Kier alpha value is -3.29. The standard InChI is InChI=1S/C27H29ClN6O/c1-17-4-3-5-24(32-17)19-6-7-21(23(28)15-19)22-14-20-16-31-27(29-2)33-25(20)34(26(22)35)13-10-18-8-11-30-12-9-18/h3-7,14-16,18,30H,8-13H2,1-2H3,(H,29,31,33). The largest absolute Gasteiger partial charge is 0.357 e. The summed E-state index contributed by atoms with van der Waals surface area (Å²) in [6.07, 6.45) is 4.95. The van der Waals surface area contributed by atoms with Gasteiger partial charge in [0, 0.05) is 52.6 Å². The molecule has 1 aromatic carbocycles. The zero-order valence-electron chi connectivity index (χ0n) is 20.0. The number of halogens is 1. The highest BCUT2D eigenvalue weighted by Crippen LogP contribution is 2.32. The van der Waals surface area contributed by atoms with Gasteiger partial charge in [0.25, 0.3) is 5.56 Å². The molecule has 180 valence electrons. The number of hydrogen-bond donors (Lipinski definition) is 2. The molecule has 3 aromatic heterocycles. The van der Waals surface area contributed by atoms with Crippen LogP contribution in [-0.4, -0.2) is 39.7 Å². The van der Waals surface area contributed by atoms with E-state index in [1.165, 1.54) is 0 Å². The van der Waals surface area contributed by atoms with Gasteiger partial charge in [0.2, 0.25) is 5.95 Å². The van der Waals surface area contributed by atoms with Gasteiger partial charge in [-0.25, -0.2) is 4.98 Å². The number of fused-ring (bicyclic) bond motifs is 1. The average molecular weight is 489 g/mol. The minimum absolute atomic E-state index is 0.0875. The lowest BCUT2D eigenvalue weighted by Gasteiger charge is -2.23. The van der Waals surface area contributed by atoms with Gasteiger partial charge in [-0.3, -0.25) is 14.3 Å². The van der Waals surface area contributed by atoms with E-state index in [1.807, 2.05) is 49.4 Å². The third-order valence-corrected chi connectivity index (χ3v) is 7.03. The number of anilines is 1. The molecule has 0 radical (unpaired) electrons. The monoisotopic (exact) mass is 488 g/mol. The Morgan fingerprint density at radius 1 is 1.11 bits per heavy atom. The van der Waals surface area contributed by atoms with Crippen molar-refractivity contribution in [1.29, 1.82) is 0 Å². The molecule has 2 N–H and O–H groups in total. The second-order valence-corrected chi connectivity index (χ2v) is 9.49. The van der Waals surface area contributed by atoms with E-state index < -0.39 is 0 Å². The fourth-order valence-electron chi connectivity index (χ4n) is 4.76. The van der Waals surface area contributed by atoms with E-state index in [-0.39, 0.29) is 5.56 Å². The molecular formula is C27H29ClN6O. The Balaban J connectivity index is 1.58. The molecule has 0 bridgehead atoms. The lowest BCUT2D eigenvalue weighted by molar-refractivity contribution is 0.338. The van der Waals surface area contributed by atoms with Crippen molar-refractivity contribution in [3.05, 3.63) is 69.7 Å². The van der Waals surface area contributed by atoms with Crippen LogP contribution in [0.1, 0.15) is 25.0 Å². The summed E-state index contributed by atoms with van der Waals surface area (Å²) >= 11 is 6.75. The number of benzene rings is 1. The number of nitrogens with zero attached hydrogens (tertiary/aromatic N) is 4. The normalized spacial score (nSPS) is 14.4. The first kappa shape index (κ1) is 23.5. The van der Waals surface area contributed by atoms with E-state index in [0.717, 1.165) is 54.7 Å². The maximum absolute atomic E-state index is 13.8. The van der Waals surface area contributed by atoms with Crippen LogP contribution in [0.25, 0.3) is 33.4 Å². The molecule has 8 heteroatoms. The first-order chi connectivity index (χ1) is 17.0. The second kappa shape index (κ2) is 10.1. The van der Waals surface area contributed by atoms with Crippen LogP contribution in [0.15, 0.2) is 53.5 Å². The molecule has 1 saturated heterocycles. The predicted molar refractivity (Wildman–Crippen MR) is 142 cm³/mol. The van der Waals surface area contributed by atoms with Crippen LogP contribution in [-0.2, 0) is 6.54 Å². The molecule has 0 saturated carbocycles. The Labute approximate surface area is 209 Å². The molecule has 7 nitrogen and oxygen atoms in total. The number of pyridine rings is 2. The highest BCUT2D eigenvalue weighted by molar-refractivity contribution is 6.33. The number of rotatable bonds is 6. The van der Waals surface area contributed by atoms with Crippen molar-refractivity contribution in [3.63, 3.8) is 0 Å². The molecule has 4 aromatic rings. The molecule has 1 aliphatic heterocycles. The number of hydrogen-bond acceptors (Lipinski definition) is 6. The Bertz CT molecular complexity index is 1430. The van der Waals surface area contributed by atoms with Gasteiger partial charge in [-0.2, -0.15) is 4.98 Å². The first-order valence-electron chi connectivity index (χ1n) is 12.1. The molecule has 0 unspecified atom stereocenters. The molecule has 4 heterocycles. The van der Waals surface area contributed by atoms with Gasteiger partial charge in [0.15, 0.2) is 0 Å². The zero-order chi connectivity index (χ0) is 24.4. The highest BCUT2D eigenvalue weighted by Gasteiger charge is 2.18. The summed E-state index contributed by atoms with van der Waals surface area (Å²) in [7, 11) is 1.78. The van der Waals surface area contributed by atoms with Crippen molar-refractivity contribution in [2.75, 3.05) is 25.5 Å². The summed E-state index contributed by atoms with van der Waals surface area (Å²) in [6, 6.07) is 13.5. The van der Waals surface area contributed by atoms with Gasteiger partial charge in [0.05, 0.1) is 5.69 Å². The summed E-state index contributed by atoms with van der Waals surface area (Å²) in [5, 5.41) is 7.71. The average Bonchev–Trinajstić information content (AvgIpc) is 2.88. The van der Waals surface area contributed by atoms with E-state index in [9.17, 15) is 4.79 Å². The van der Waals surface area contributed by atoms with Crippen LogP contribution in [0.5, 0.6) is 0 Å². The molecular weight excluding hydrogens is 460 g/mol. The van der Waals surface area contributed by atoms with Crippen molar-refractivity contribution in [2.45, 2.75) is 32.7 Å². The number of aryl methyl sites for hydroxylation is 2. The van der Waals surface area contributed by atoms with Crippen LogP contribution >= 0.6 is 11.6 Å². The lowest BCUT2D eigenvalue weighted by atomic mass is 9.94. The molecule has 1 aliphatic rings. The quantitative estimate of drug-likeness (QED) is 0.401. The lowest BCUT2D eigenvalue weighted by Crippen LogP contribution is -2.30. The molecule has 5 rings (SSSR count). The summed E-state index contributed by atoms with van der Waals surface area (Å²) < 4.78 is 1.79. The summed E-state index contributed by atoms with van der Waals surface area (Å²) in [6.45, 7) is 4.63. The Kier molecular flexibility index (Phi) is 6.79. The van der Waals surface area contributed by atoms with E-state index in [2.05, 4.69) is 25.6 Å². The smallest absolute Gasteiger partial charge is 0.260 e. The van der Waals surface area contributed by atoms with E-state index >= 15 is 0 Å².